The van der Waals surface area contributed by atoms with E-state index in [0.29, 0.717) is 31.0 Å². The SMILES string of the molecule is CC(c1ccc(OC(F)(F)F)cc1)N1CC(COc2cc(F)c(C(=O)NS(C)(=O)=O)cc2C2CC2)C1. The lowest BCUT2D eigenvalue weighted by atomic mass is 9.95. The summed E-state index contributed by atoms with van der Waals surface area (Å²) in [5.41, 5.74) is 1.19. The van der Waals surface area contributed by atoms with E-state index >= 15 is 0 Å². The van der Waals surface area contributed by atoms with Crippen molar-refractivity contribution in [2.24, 2.45) is 5.92 Å². The molecule has 1 heterocycles. The second-order valence-electron chi connectivity index (χ2n) is 9.27. The Morgan fingerprint density at radius 2 is 1.81 bits per heavy atom. The van der Waals surface area contributed by atoms with Crippen LogP contribution in [-0.2, 0) is 10.0 Å². The second-order valence-corrected chi connectivity index (χ2v) is 11.0. The number of sulfonamides is 1. The van der Waals surface area contributed by atoms with E-state index in [9.17, 15) is 30.8 Å². The summed E-state index contributed by atoms with van der Waals surface area (Å²) in [7, 11) is -3.83. The van der Waals surface area contributed by atoms with E-state index in [1.807, 2.05) is 6.92 Å². The highest BCUT2D eigenvalue weighted by molar-refractivity contribution is 7.89. The molecule has 4 rings (SSSR count). The van der Waals surface area contributed by atoms with Gasteiger partial charge in [-0.25, -0.2) is 17.5 Å². The molecule has 1 aliphatic carbocycles. The predicted octanol–water partition coefficient (Wildman–Crippen LogP) is 4.36. The summed E-state index contributed by atoms with van der Waals surface area (Å²) in [5, 5.41) is 0. The van der Waals surface area contributed by atoms with Gasteiger partial charge in [-0.3, -0.25) is 9.69 Å². The predicted molar refractivity (Wildman–Crippen MR) is 123 cm³/mol. The molecule has 1 unspecified atom stereocenters. The highest BCUT2D eigenvalue weighted by Crippen LogP contribution is 2.45. The van der Waals surface area contributed by atoms with Crippen molar-refractivity contribution in [2.75, 3.05) is 26.0 Å². The van der Waals surface area contributed by atoms with E-state index in [1.165, 1.54) is 18.2 Å². The van der Waals surface area contributed by atoms with E-state index < -0.39 is 28.1 Å². The van der Waals surface area contributed by atoms with Crippen LogP contribution in [0.1, 0.15) is 53.2 Å². The second kappa shape index (κ2) is 9.89. The fraction of sp³-hybridized carbons (Fsp3) is 0.458. The third-order valence-electron chi connectivity index (χ3n) is 6.24. The molecule has 1 atom stereocenters. The molecule has 1 saturated heterocycles. The van der Waals surface area contributed by atoms with Crippen molar-refractivity contribution in [3.8, 4) is 11.5 Å². The number of ether oxygens (including phenoxy) is 2. The Bertz CT molecular complexity index is 1220. The maximum Gasteiger partial charge on any atom is 0.573 e. The largest absolute Gasteiger partial charge is 0.573 e. The molecular formula is C24H26F4N2O5S. The molecule has 196 valence electrons. The highest BCUT2D eigenvalue weighted by Gasteiger charge is 2.34. The van der Waals surface area contributed by atoms with Crippen LogP contribution in [0.5, 0.6) is 11.5 Å². The van der Waals surface area contributed by atoms with Gasteiger partial charge in [0.05, 0.1) is 18.4 Å². The first kappa shape index (κ1) is 26.2. The summed E-state index contributed by atoms with van der Waals surface area (Å²) in [6.07, 6.45) is -2.17. The molecule has 0 spiro atoms. The number of carbonyl (C=O) groups excluding carboxylic acids is 1. The average Bonchev–Trinajstić information content (AvgIpc) is 3.55. The van der Waals surface area contributed by atoms with Gasteiger partial charge in [0, 0.05) is 31.1 Å². The average molecular weight is 531 g/mol. The highest BCUT2D eigenvalue weighted by atomic mass is 32.2. The molecular weight excluding hydrogens is 504 g/mol. The molecule has 0 bridgehead atoms. The molecule has 2 aromatic rings. The first-order valence-electron chi connectivity index (χ1n) is 11.4. The first-order chi connectivity index (χ1) is 16.8. The number of carbonyl (C=O) groups is 1. The molecule has 36 heavy (non-hydrogen) atoms. The van der Waals surface area contributed by atoms with Crippen LogP contribution in [0.25, 0.3) is 0 Å². The topological polar surface area (TPSA) is 84.9 Å². The molecule has 2 aromatic carbocycles. The minimum absolute atomic E-state index is 0.0201. The molecule has 0 aromatic heterocycles. The van der Waals surface area contributed by atoms with Gasteiger partial charge in [-0.05, 0) is 55.0 Å². The van der Waals surface area contributed by atoms with Gasteiger partial charge in [0.25, 0.3) is 5.91 Å². The fourth-order valence-electron chi connectivity index (χ4n) is 4.21. The Labute approximate surface area is 206 Å². The number of nitrogens with zero attached hydrogens (tertiary/aromatic N) is 1. The molecule has 12 heteroatoms. The quantitative estimate of drug-likeness (QED) is 0.485. The molecule has 2 fully saturated rings. The van der Waals surface area contributed by atoms with Crippen LogP contribution in [0.3, 0.4) is 0 Å². The monoisotopic (exact) mass is 530 g/mol. The lowest BCUT2D eigenvalue weighted by molar-refractivity contribution is -0.274. The first-order valence-corrected chi connectivity index (χ1v) is 13.3. The fourth-order valence-corrected chi connectivity index (χ4v) is 4.65. The Morgan fingerprint density at radius 1 is 1.17 bits per heavy atom. The van der Waals surface area contributed by atoms with Crippen LogP contribution in [-0.4, -0.2) is 51.5 Å². The number of benzene rings is 2. The van der Waals surface area contributed by atoms with E-state index in [0.717, 1.165) is 30.7 Å². The summed E-state index contributed by atoms with van der Waals surface area (Å²) >= 11 is 0. The Balaban J connectivity index is 1.34. The number of halogens is 4. The number of hydrogen-bond donors (Lipinski definition) is 1. The van der Waals surface area contributed by atoms with Gasteiger partial charge in [-0.2, -0.15) is 0 Å². The minimum atomic E-state index is -4.73. The standard InChI is InChI=1S/C24H26F4N2O5S/c1-14(16-5-7-18(8-6-16)35-24(26,27)28)30-11-15(12-30)13-34-22-10-21(25)20(9-19(22)17-3-4-17)23(31)29-36(2,32)33/h5-10,14-15,17H,3-4,11-13H2,1-2H3,(H,29,31). The van der Waals surface area contributed by atoms with Crippen molar-refractivity contribution in [2.45, 2.75) is 38.1 Å². The van der Waals surface area contributed by atoms with E-state index in [2.05, 4.69) is 9.64 Å². The normalized spacial score (nSPS) is 17.8. The zero-order valence-electron chi connectivity index (χ0n) is 19.6. The smallest absolute Gasteiger partial charge is 0.493 e. The number of alkyl halides is 3. The van der Waals surface area contributed by atoms with E-state index in [-0.39, 0.29) is 29.2 Å². The van der Waals surface area contributed by atoms with Gasteiger partial charge in [-0.15, -0.1) is 13.2 Å². The van der Waals surface area contributed by atoms with Crippen molar-refractivity contribution >= 4 is 15.9 Å². The Hall–Kier alpha value is -2.86. The van der Waals surface area contributed by atoms with Crippen molar-refractivity contribution in [1.82, 2.24) is 9.62 Å². The molecule has 1 aliphatic heterocycles. The molecule has 1 N–H and O–H groups in total. The summed E-state index contributed by atoms with van der Waals surface area (Å²) in [4.78, 5) is 14.3. The van der Waals surface area contributed by atoms with Crippen molar-refractivity contribution < 1.29 is 40.2 Å². The summed E-state index contributed by atoms with van der Waals surface area (Å²) in [6, 6.07) is 8.25. The van der Waals surface area contributed by atoms with Crippen LogP contribution in [0, 0.1) is 11.7 Å². The van der Waals surface area contributed by atoms with Crippen LogP contribution in [0.2, 0.25) is 0 Å². The number of amides is 1. The van der Waals surface area contributed by atoms with Crippen molar-refractivity contribution in [3.63, 3.8) is 0 Å². The van der Waals surface area contributed by atoms with Crippen LogP contribution in [0.4, 0.5) is 17.6 Å². The van der Waals surface area contributed by atoms with Crippen molar-refractivity contribution in [1.29, 1.82) is 0 Å². The summed E-state index contributed by atoms with van der Waals surface area (Å²) < 4.78 is 85.9. The molecule has 2 aliphatic rings. The zero-order chi connectivity index (χ0) is 26.3. The number of rotatable bonds is 9. The number of nitrogens with one attached hydrogen (secondary N) is 1. The minimum Gasteiger partial charge on any atom is -0.493 e. The Morgan fingerprint density at radius 3 is 2.36 bits per heavy atom. The van der Waals surface area contributed by atoms with Crippen LogP contribution in [0.15, 0.2) is 36.4 Å². The number of hydrogen-bond acceptors (Lipinski definition) is 6. The molecule has 1 amide bonds. The van der Waals surface area contributed by atoms with E-state index in [1.54, 1.807) is 16.9 Å². The van der Waals surface area contributed by atoms with Gasteiger partial charge < -0.3 is 9.47 Å². The maximum atomic E-state index is 14.6. The Kier molecular flexibility index (Phi) is 7.20. The van der Waals surface area contributed by atoms with Gasteiger partial charge in [0.1, 0.15) is 17.3 Å². The van der Waals surface area contributed by atoms with Gasteiger partial charge in [-0.1, -0.05) is 12.1 Å². The van der Waals surface area contributed by atoms with Gasteiger partial charge in [0.15, 0.2) is 0 Å². The third kappa shape index (κ3) is 6.67. The zero-order valence-corrected chi connectivity index (χ0v) is 20.5. The third-order valence-corrected chi connectivity index (χ3v) is 6.80. The molecule has 1 saturated carbocycles. The maximum absolute atomic E-state index is 14.6. The number of likely N-dealkylation sites (tertiary alicyclic amines) is 1. The lowest BCUT2D eigenvalue weighted by Gasteiger charge is -2.43. The molecule has 0 radical (unpaired) electrons. The van der Waals surface area contributed by atoms with Gasteiger partial charge >= 0.3 is 6.36 Å². The molecule has 7 nitrogen and oxygen atoms in total. The van der Waals surface area contributed by atoms with E-state index in [4.69, 9.17) is 4.74 Å². The van der Waals surface area contributed by atoms with Crippen molar-refractivity contribution in [3.05, 3.63) is 58.9 Å². The van der Waals surface area contributed by atoms with Crippen LogP contribution >= 0.6 is 0 Å². The summed E-state index contributed by atoms with van der Waals surface area (Å²) in [6.45, 7) is 3.67. The van der Waals surface area contributed by atoms with Crippen LogP contribution < -0.4 is 14.2 Å². The summed E-state index contributed by atoms with van der Waals surface area (Å²) in [5.74, 6) is -1.51. The lowest BCUT2D eigenvalue weighted by Crippen LogP contribution is -2.50. The van der Waals surface area contributed by atoms with Gasteiger partial charge in [0.2, 0.25) is 10.0 Å².